The van der Waals surface area contributed by atoms with Gasteiger partial charge in [0, 0.05) is 18.9 Å². The summed E-state index contributed by atoms with van der Waals surface area (Å²) in [6, 6.07) is 0. The fourth-order valence-electron chi connectivity index (χ4n) is 1.45. The van der Waals surface area contributed by atoms with Crippen LogP contribution in [0.4, 0.5) is 0 Å². The second kappa shape index (κ2) is 7.49. The zero-order valence-corrected chi connectivity index (χ0v) is 10.5. The molecule has 0 radical (unpaired) electrons. The molecule has 0 saturated carbocycles. The normalized spacial score (nSPS) is 13.7. The zero-order chi connectivity index (χ0) is 10.4. The molecule has 0 aliphatic carbocycles. The maximum atomic E-state index is 9.33. The summed E-state index contributed by atoms with van der Waals surface area (Å²) in [4.78, 5) is 3.97. The van der Waals surface area contributed by atoms with E-state index in [0.29, 0.717) is 12.3 Å². The van der Waals surface area contributed by atoms with Crippen molar-refractivity contribution in [1.82, 2.24) is 9.55 Å². The van der Waals surface area contributed by atoms with Gasteiger partial charge in [-0.1, -0.05) is 19.3 Å². The van der Waals surface area contributed by atoms with Gasteiger partial charge in [-0.15, -0.1) is 23.4 Å². The highest BCUT2D eigenvalue weighted by Gasteiger charge is 2.11. The summed E-state index contributed by atoms with van der Waals surface area (Å²) in [5, 5.41) is 9.33. The van der Waals surface area contributed by atoms with E-state index in [4.69, 9.17) is 6.42 Å². The maximum Gasteiger partial charge on any atom is 0.114 e. The highest BCUT2D eigenvalue weighted by Crippen LogP contribution is 2.13. The largest absolute Gasteiger partial charge is 0.380 e. The van der Waals surface area contributed by atoms with Crippen LogP contribution in [0.3, 0.4) is 0 Å². The lowest BCUT2D eigenvalue weighted by atomic mass is 9.99. The Morgan fingerprint density at radius 2 is 2.33 bits per heavy atom. The van der Waals surface area contributed by atoms with E-state index < -0.39 is 6.10 Å². The number of aliphatic hydroxyl groups is 1. The van der Waals surface area contributed by atoms with Gasteiger partial charge in [-0.3, -0.25) is 0 Å². The Morgan fingerprint density at radius 3 is 2.80 bits per heavy atom. The molecule has 84 valence electrons. The number of nitrogens with zero attached hydrogens (tertiary/aromatic N) is 2. The predicted octanol–water partition coefficient (Wildman–Crippen LogP) is 1.87. The van der Waals surface area contributed by atoms with Crippen molar-refractivity contribution in [3.63, 3.8) is 0 Å². The number of halogens is 1. The molecule has 3 nitrogen and oxygen atoms in total. The van der Waals surface area contributed by atoms with Crippen LogP contribution < -0.4 is 0 Å². The van der Waals surface area contributed by atoms with E-state index in [1.165, 1.54) is 0 Å². The van der Waals surface area contributed by atoms with Crippen molar-refractivity contribution in [3.05, 3.63) is 18.7 Å². The topological polar surface area (TPSA) is 38.0 Å². The molecule has 1 N–H and O–H groups in total. The lowest BCUT2D eigenvalue weighted by Gasteiger charge is -2.16. The Morgan fingerprint density at radius 1 is 1.60 bits per heavy atom. The molecule has 0 bridgehead atoms. The van der Waals surface area contributed by atoms with Gasteiger partial charge in [-0.25, -0.2) is 4.98 Å². The van der Waals surface area contributed by atoms with E-state index >= 15 is 0 Å². The summed E-state index contributed by atoms with van der Waals surface area (Å²) >= 11 is 0. The second-order valence-corrected chi connectivity index (χ2v) is 3.45. The number of hydrogen-bond donors (Lipinski definition) is 1. The van der Waals surface area contributed by atoms with Crippen LogP contribution in [0, 0.1) is 18.3 Å². The van der Waals surface area contributed by atoms with Gasteiger partial charge in [0.25, 0.3) is 0 Å². The van der Waals surface area contributed by atoms with Crippen LogP contribution in [0.25, 0.3) is 0 Å². The molecule has 0 spiro atoms. The third-order valence-electron chi connectivity index (χ3n) is 2.35. The minimum absolute atomic E-state index is 0. The molecular weight excluding hydrogens is 256 g/mol. The summed E-state index contributed by atoms with van der Waals surface area (Å²) < 4.78 is 2.01. The van der Waals surface area contributed by atoms with Gasteiger partial charge in [0.05, 0.1) is 6.33 Å². The fraction of sp³-hybridized carbons (Fsp3) is 0.545. The van der Waals surface area contributed by atoms with Crippen LogP contribution in [0.15, 0.2) is 18.7 Å². The lowest BCUT2D eigenvalue weighted by Crippen LogP contribution is -2.15. The van der Waals surface area contributed by atoms with Gasteiger partial charge in [0.15, 0.2) is 0 Å². The van der Waals surface area contributed by atoms with Crippen LogP contribution in [0.2, 0.25) is 0 Å². The molecule has 1 aromatic rings. The van der Waals surface area contributed by atoms with Crippen molar-refractivity contribution in [2.24, 2.45) is 5.92 Å². The van der Waals surface area contributed by atoms with Crippen LogP contribution in [-0.4, -0.2) is 20.8 Å². The molecule has 15 heavy (non-hydrogen) atoms. The number of terminal acetylenes is 1. The SMILES string of the molecule is Br.C#CC(O)CC(CC)Cn1ccnc1. The standard InChI is InChI=1S/C11H16N2O.BrH/c1-3-10(7-11(14)4-2)8-13-6-5-12-9-13;/h2,5-6,9-11,14H,3,7-8H2,1H3;1H. The second-order valence-electron chi connectivity index (χ2n) is 3.45. The summed E-state index contributed by atoms with van der Waals surface area (Å²) in [5.41, 5.74) is 0. The molecule has 0 saturated heterocycles. The molecule has 0 fully saturated rings. The Balaban J connectivity index is 0.00000196. The first-order valence-corrected chi connectivity index (χ1v) is 4.86. The molecule has 2 unspecified atom stereocenters. The van der Waals surface area contributed by atoms with Crippen molar-refractivity contribution in [3.8, 4) is 12.3 Å². The number of imidazole rings is 1. The van der Waals surface area contributed by atoms with Crippen molar-refractivity contribution in [1.29, 1.82) is 0 Å². The third kappa shape index (κ3) is 5.01. The number of hydrogen-bond acceptors (Lipinski definition) is 2. The first kappa shape index (κ1) is 14.2. The average molecular weight is 273 g/mol. The van der Waals surface area contributed by atoms with E-state index in [9.17, 15) is 5.11 Å². The zero-order valence-electron chi connectivity index (χ0n) is 8.84. The molecule has 0 aliphatic rings. The van der Waals surface area contributed by atoms with Crippen LogP contribution in [0.5, 0.6) is 0 Å². The van der Waals surface area contributed by atoms with Gasteiger partial charge in [0.2, 0.25) is 0 Å². The molecule has 2 atom stereocenters. The van der Waals surface area contributed by atoms with E-state index in [2.05, 4.69) is 17.8 Å². The third-order valence-corrected chi connectivity index (χ3v) is 2.35. The number of aliphatic hydroxyl groups excluding tert-OH is 1. The van der Waals surface area contributed by atoms with Crippen molar-refractivity contribution < 1.29 is 5.11 Å². The lowest BCUT2D eigenvalue weighted by molar-refractivity contribution is 0.186. The van der Waals surface area contributed by atoms with E-state index in [1.807, 2.05) is 10.8 Å². The molecule has 1 aromatic heterocycles. The highest BCUT2D eigenvalue weighted by atomic mass is 79.9. The first-order valence-electron chi connectivity index (χ1n) is 4.86. The quantitative estimate of drug-likeness (QED) is 0.832. The molecule has 0 aliphatic heterocycles. The van der Waals surface area contributed by atoms with Crippen molar-refractivity contribution >= 4 is 17.0 Å². The minimum Gasteiger partial charge on any atom is -0.380 e. The Hall–Kier alpha value is -0.790. The predicted molar refractivity (Wildman–Crippen MR) is 65.8 cm³/mol. The fourth-order valence-corrected chi connectivity index (χ4v) is 1.45. The van der Waals surface area contributed by atoms with E-state index in [-0.39, 0.29) is 17.0 Å². The van der Waals surface area contributed by atoms with Gasteiger partial charge >= 0.3 is 0 Å². The Labute approximate surface area is 101 Å². The summed E-state index contributed by atoms with van der Waals surface area (Å²) in [7, 11) is 0. The van der Waals surface area contributed by atoms with Gasteiger partial charge in [-0.05, 0) is 12.3 Å². The van der Waals surface area contributed by atoms with E-state index in [0.717, 1.165) is 13.0 Å². The molecule has 0 aromatic carbocycles. The Kier molecular flexibility index (Phi) is 7.10. The summed E-state index contributed by atoms with van der Waals surface area (Å²) in [6.45, 7) is 2.97. The first-order chi connectivity index (χ1) is 6.76. The van der Waals surface area contributed by atoms with Gasteiger partial charge in [-0.2, -0.15) is 0 Å². The minimum atomic E-state index is -0.622. The van der Waals surface area contributed by atoms with Crippen LogP contribution >= 0.6 is 17.0 Å². The van der Waals surface area contributed by atoms with Crippen molar-refractivity contribution in [2.45, 2.75) is 32.4 Å². The maximum absolute atomic E-state index is 9.33. The molecule has 4 heteroatoms. The van der Waals surface area contributed by atoms with Gasteiger partial charge < -0.3 is 9.67 Å². The van der Waals surface area contributed by atoms with Gasteiger partial charge in [0.1, 0.15) is 6.10 Å². The molecular formula is C11H17BrN2O. The monoisotopic (exact) mass is 272 g/mol. The molecule has 0 amide bonds. The number of rotatable bonds is 5. The Bertz CT molecular complexity index is 292. The highest BCUT2D eigenvalue weighted by molar-refractivity contribution is 8.93. The smallest absolute Gasteiger partial charge is 0.114 e. The summed E-state index contributed by atoms with van der Waals surface area (Å²) in [5.74, 6) is 2.75. The van der Waals surface area contributed by atoms with Crippen LogP contribution in [0.1, 0.15) is 19.8 Å². The van der Waals surface area contributed by atoms with Crippen LogP contribution in [-0.2, 0) is 6.54 Å². The van der Waals surface area contributed by atoms with E-state index in [1.54, 1.807) is 12.5 Å². The van der Waals surface area contributed by atoms with Crippen molar-refractivity contribution in [2.75, 3.05) is 0 Å². The number of aromatic nitrogens is 2. The average Bonchev–Trinajstić information content (AvgIpc) is 2.69. The summed E-state index contributed by atoms with van der Waals surface area (Å²) in [6.07, 6.45) is 11.6. The molecule has 1 rings (SSSR count). The molecule has 1 heterocycles.